The van der Waals surface area contributed by atoms with Gasteiger partial charge in [0.1, 0.15) is 5.75 Å². The SMILES string of the molecule is C[C@@H]1CN(Cc2cc(Cl)cc3c2OCOC3)c2ccccc2NC1=O. The highest BCUT2D eigenvalue weighted by Gasteiger charge is 2.26. The van der Waals surface area contributed by atoms with Gasteiger partial charge in [-0.25, -0.2) is 0 Å². The van der Waals surface area contributed by atoms with E-state index in [2.05, 4.69) is 10.2 Å². The molecule has 2 aromatic rings. The summed E-state index contributed by atoms with van der Waals surface area (Å²) in [5, 5.41) is 3.66. The molecule has 6 heteroatoms. The van der Waals surface area contributed by atoms with Crippen LogP contribution < -0.4 is 15.0 Å². The third kappa shape index (κ3) is 3.17. The molecule has 1 N–H and O–H groups in total. The third-order valence-electron chi connectivity index (χ3n) is 4.56. The van der Waals surface area contributed by atoms with Crippen LogP contribution in [0.15, 0.2) is 36.4 Å². The van der Waals surface area contributed by atoms with Gasteiger partial charge in [-0.2, -0.15) is 0 Å². The van der Waals surface area contributed by atoms with Gasteiger partial charge in [-0.15, -0.1) is 0 Å². The summed E-state index contributed by atoms with van der Waals surface area (Å²) < 4.78 is 11.1. The minimum absolute atomic E-state index is 0.0349. The number of hydrogen-bond acceptors (Lipinski definition) is 4. The molecular weight excluding hydrogens is 340 g/mol. The van der Waals surface area contributed by atoms with Crippen molar-refractivity contribution in [2.75, 3.05) is 23.6 Å². The molecule has 2 aliphatic rings. The summed E-state index contributed by atoms with van der Waals surface area (Å²) in [5.74, 6) is 0.753. The first-order valence-electron chi connectivity index (χ1n) is 8.28. The second-order valence-corrected chi connectivity index (χ2v) is 6.89. The first kappa shape index (κ1) is 16.2. The number of nitrogens with zero attached hydrogens (tertiary/aromatic N) is 1. The largest absolute Gasteiger partial charge is 0.467 e. The van der Waals surface area contributed by atoms with Crippen molar-refractivity contribution in [3.63, 3.8) is 0 Å². The van der Waals surface area contributed by atoms with Gasteiger partial charge in [0, 0.05) is 29.2 Å². The fourth-order valence-electron chi connectivity index (χ4n) is 3.35. The molecule has 0 unspecified atom stereocenters. The van der Waals surface area contributed by atoms with E-state index in [1.165, 1.54) is 0 Å². The number of amides is 1. The monoisotopic (exact) mass is 358 g/mol. The van der Waals surface area contributed by atoms with Crippen LogP contribution in [0.1, 0.15) is 18.1 Å². The molecule has 0 fully saturated rings. The molecule has 2 aromatic carbocycles. The van der Waals surface area contributed by atoms with Crippen LogP contribution in [-0.4, -0.2) is 19.2 Å². The molecular formula is C19H19ClN2O3. The minimum atomic E-state index is -0.119. The summed E-state index contributed by atoms with van der Waals surface area (Å²) in [6.07, 6.45) is 0. The molecule has 1 amide bonds. The Morgan fingerprint density at radius 3 is 3.04 bits per heavy atom. The lowest BCUT2D eigenvalue weighted by atomic mass is 10.1. The van der Waals surface area contributed by atoms with Crippen LogP contribution in [0.5, 0.6) is 5.75 Å². The Morgan fingerprint density at radius 1 is 1.32 bits per heavy atom. The van der Waals surface area contributed by atoms with Crippen molar-refractivity contribution in [3.8, 4) is 5.75 Å². The van der Waals surface area contributed by atoms with Crippen LogP contribution >= 0.6 is 11.6 Å². The van der Waals surface area contributed by atoms with Crippen LogP contribution in [-0.2, 0) is 22.7 Å². The molecule has 0 saturated heterocycles. The van der Waals surface area contributed by atoms with Gasteiger partial charge < -0.3 is 19.7 Å². The van der Waals surface area contributed by atoms with Crippen LogP contribution in [0, 0.1) is 5.92 Å². The molecule has 0 bridgehead atoms. The fourth-order valence-corrected chi connectivity index (χ4v) is 3.62. The van der Waals surface area contributed by atoms with Gasteiger partial charge in [0.2, 0.25) is 5.91 Å². The number of benzene rings is 2. The third-order valence-corrected chi connectivity index (χ3v) is 4.78. The molecule has 130 valence electrons. The lowest BCUT2D eigenvalue weighted by Gasteiger charge is -2.28. The topological polar surface area (TPSA) is 50.8 Å². The lowest BCUT2D eigenvalue weighted by molar-refractivity contribution is -0.119. The molecule has 0 aliphatic carbocycles. The van der Waals surface area contributed by atoms with E-state index in [0.717, 1.165) is 28.3 Å². The van der Waals surface area contributed by atoms with E-state index < -0.39 is 0 Å². The Hall–Kier alpha value is -2.24. The van der Waals surface area contributed by atoms with Gasteiger partial charge in [-0.05, 0) is 24.3 Å². The Kier molecular flexibility index (Phi) is 4.27. The maximum atomic E-state index is 12.3. The van der Waals surface area contributed by atoms with Gasteiger partial charge in [-0.3, -0.25) is 4.79 Å². The van der Waals surface area contributed by atoms with Crippen LogP contribution in [0.3, 0.4) is 0 Å². The number of carbonyl (C=O) groups excluding carboxylic acids is 1. The molecule has 0 aromatic heterocycles. The predicted octanol–water partition coefficient (Wildman–Crippen LogP) is 3.80. The van der Waals surface area contributed by atoms with E-state index in [1.54, 1.807) is 0 Å². The van der Waals surface area contributed by atoms with Crippen LogP contribution in [0.4, 0.5) is 11.4 Å². The normalized spacial score (nSPS) is 19.4. The number of ether oxygens (including phenoxy) is 2. The molecule has 0 radical (unpaired) electrons. The summed E-state index contributed by atoms with van der Waals surface area (Å²) in [6, 6.07) is 11.7. The van der Waals surface area contributed by atoms with Crippen molar-refractivity contribution in [1.82, 2.24) is 0 Å². The highest BCUT2D eigenvalue weighted by molar-refractivity contribution is 6.30. The summed E-state index contributed by atoms with van der Waals surface area (Å²) in [5.41, 5.74) is 3.79. The van der Waals surface area contributed by atoms with E-state index in [4.69, 9.17) is 21.1 Å². The van der Waals surface area contributed by atoms with E-state index in [1.807, 2.05) is 43.3 Å². The molecule has 4 rings (SSSR count). The zero-order chi connectivity index (χ0) is 17.4. The van der Waals surface area contributed by atoms with Crippen molar-refractivity contribution >= 4 is 28.9 Å². The number of halogens is 1. The zero-order valence-electron chi connectivity index (χ0n) is 13.9. The average molecular weight is 359 g/mol. The summed E-state index contributed by atoms with van der Waals surface area (Å²) >= 11 is 6.29. The highest BCUT2D eigenvalue weighted by Crippen LogP contribution is 2.36. The quantitative estimate of drug-likeness (QED) is 0.887. The molecule has 2 aliphatic heterocycles. The molecule has 5 nitrogen and oxygen atoms in total. The maximum absolute atomic E-state index is 12.3. The standard InChI is InChI=1S/C19H19ClN2O3/c1-12-8-22(17-5-3-2-4-16(17)21-19(12)23)9-13-6-15(20)7-14-10-24-11-25-18(13)14/h2-7,12H,8-11H2,1H3,(H,21,23)/t12-/m1/s1. The van der Waals surface area contributed by atoms with Gasteiger partial charge in [0.15, 0.2) is 6.79 Å². The van der Waals surface area contributed by atoms with Crippen molar-refractivity contribution in [3.05, 3.63) is 52.5 Å². The van der Waals surface area contributed by atoms with E-state index in [-0.39, 0.29) is 18.6 Å². The molecule has 25 heavy (non-hydrogen) atoms. The van der Waals surface area contributed by atoms with Gasteiger partial charge in [0.05, 0.1) is 23.9 Å². The number of nitrogens with one attached hydrogen (secondary N) is 1. The number of carbonyl (C=O) groups is 1. The van der Waals surface area contributed by atoms with Gasteiger partial charge >= 0.3 is 0 Å². The smallest absolute Gasteiger partial charge is 0.229 e. The number of fused-ring (bicyclic) bond motifs is 2. The van der Waals surface area contributed by atoms with Crippen molar-refractivity contribution in [2.45, 2.75) is 20.1 Å². The zero-order valence-corrected chi connectivity index (χ0v) is 14.7. The molecule has 0 spiro atoms. The number of para-hydroxylation sites is 2. The molecule has 1 atom stereocenters. The Bertz CT molecular complexity index is 824. The van der Waals surface area contributed by atoms with Crippen molar-refractivity contribution in [2.24, 2.45) is 5.92 Å². The lowest BCUT2D eigenvalue weighted by Crippen LogP contribution is -2.30. The van der Waals surface area contributed by atoms with Crippen LogP contribution in [0.2, 0.25) is 5.02 Å². The Balaban J connectivity index is 1.73. The van der Waals surface area contributed by atoms with Crippen LogP contribution in [0.25, 0.3) is 0 Å². The first-order chi connectivity index (χ1) is 12.1. The second kappa shape index (κ2) is 6.58. The number of hydrogen-bond donors (Lipinski definition) is 1. The summed E-state index contributed by atoms with van der Waals surface area (Å²) in [7, 11) is 0. The Morgan fingerprint density at radius 2 is 2.16 bits per heavy atom. The molecule has 0 saturated carbocycles. The van der Waals surface area contributed by atoms with E-state index in [0.29, 0.717) is 24.7 Å². The van der Waals surface area contributed by atoms with Gasteiger partial charge in [-0.1, -0.05) is 30.7 Å². The van der Waals surface area contributed by atoms with Crippen molar-refractivity contribution < 1.29 is 14.3 Å². The number of rotatable bonds is 2. The fraction of sp³-hybridized carbons (Fsp3) is 0.316. The first-order valence-corrected chi connectivity index (χ1v) is 8.66. The predicted molar refractivity (Wildman–Crippen MR) is 97.0 cm³/mol. The average Bonchev–Trinajstić information content (AvgIpc) is 2.72. The van der Waals surface area contributed by atoms with Gasteiger partial charge in [0.25, 0.3) is 0 Å². The molecule has 2 heterocycles. The summed E-state index contributed by atoms with van der Waals surface area (Å²) in [4.78, 5) is 14.5. The van der Waals surface area contributed by atoms with Crippen molar-refractivity contribution in [1.29, 1.82) is 0 Å². The highest BCUT2D eigenvalue weighted by atomic mass is 35.5. The van der Waals surface area contributed by atoms with E-state index in [9.17, 15) is 4.79 Å². The summed E-state index contributed by atoms with van der Waals surface area (Å²) in [6.45, 7) is 3.91. The maximum Gasteiger partial charge on any atom is 0.229 e. The second-order valence-electron chi connectivity index (χ2n) is 6.45. The Labute approximate surface area is 151 Å². The van der Waals surface area contributed by atoms with E-state index >= 15 is 0 Å². The number of anilines is 2. The minimum Gasteiger partial charge on any atom is -0.467 e.